The fourth-order valence-corrected chi connectivity index (χ4v) is 3.24. The first-order valence-corrected chi connectivity index (χ1v) is 9.80. The number of pyridine rings is 1. The zero-order valence-corrected chi connectivity index (χ0v) is 17.8. The highest BCUT2D eigenvalue weighted by atomic mass is 16.8. The second-order valence-corrected chi connectivity index (χ2v) is 6.94. The average Bonchev–Trinajstić information content (AvgIpc) is 2.79. The van der Waals surface area contributed by atoms with Crippen molar-refractivity contribution in [2.75, 3.05) is 17.3 Å². The molecule has 0 fully saturated rings. The highest BCUT2D eigenvalue weighted by Crippen LogP contribution is 2.29. The van der Waals surface area contributed by atoms with Gasteiger partial charge in [-0.05, 0) is 30.4 Å². The molecule has 0 aliphatic rings. The topological polar surface area (TPSA) is 168 Å². The van der Waals surface area contributed by atoms with Gasteiger partial charge in [0.25, 0.3) is 11.2 Å². The predicted octanol–water partition coefficient (Wildman–Crippen LogP) is 1.87. The second-order valence-electron chi connectivity index (χ2n) is 6.94. The van der Waals surface area contributed by atoms with Crippen LogP contribution in [0.1, 0.15) is 12.5 Å². The van der Waals surface area contributed by atoms with Crippen LogP contribution in [0.3, 0.4) is 0 Å². The van der Waals surface area contributed by atoms with E-state index in [0.29, 0.717) is 11.1 Å². The molecule has 33 heavy (non-hydrogen) atoms. The second kappa shape index (κ2) is 9.89. The summed E-state index contributed by atoms with van der Waals surface area (Å²) in [5.74, 6) is -0.713. The van der Waals surface area contributed by atoms with Crippen molar-refractivity contribution >= 4 is 28.0 Å². The first-order chi connectivity index (χ1) is 15.7. The van der Waals surface area contributed by atoms with Crippen LogP contribution in [0.2, 0.25) is 0 Å². The normalized spacial score (nSPS) is 11.6. The molecule has 0 aliphatic heterocycles. The first kappa shape index (κ1) is 23.4. The van der Waals surface area contributed by atoms with E-state index in [9.17, 15) is 25.2 Å². The molecule has 2 aromatic carbocycles. The fourth-order valence-electron chi connectivity index (χ4n) is 3.24. The van der Waals surface area contributed by atoms with E-state index < -0.39 is 21.8 Å². The first-order valence-electron chi connectivity index (χ1n) is 9.80. The SMILES string of the molecule is CCOC([O-])=C(Cc1cc(=O)n(C)c2ccccc12)NNc1ccc(N([O-])O)cc1[N+](=O)[O-]. The van der Waals surface area contributed by atoms with Crippen LogP contribution in [0, 0.1) is 15.3 Å². The Morgan fingerprint density at radius 2 is 1.97 bits per heavy atom. The van der Waals surface area contributed by atoms with Crippen molar-refractivity contribution in [1.82, 2.24) is 9.99 Å². The van der Waals surface area contributed by atoms with Crippen LogP contribution >= 0.6 is 0 Å². The van der Waals surface area contributed by atoms with Crippen molar-refractivity contribution in [3.63, 3.8) is 0 Å². The molecule has 0 saturated carbocycles. The number of nitro benzene ring substituents is 1. The Labute approximate surface area is 187 Å². The lowest BCUT2D eigenvalue weighted by atomic mass is 10.0. The van der Waals surface area contributed by atoms with Gasteiger partial charge in [0.05, 0.1) is 27.8 Å². The number of hydrazine groups is 1. The zero-order valence-electron chi connectivity index (χ0n) is 17.8. The van der Waals surface area contributed by atoms with Crippen LogP contribution in [0.4, 0.5) is 17.1 Å². The summed E-state index contributed by atoms with van der Waals surface area (Å²) < 4.78 is 6.57. The number of fused-ring (bicyclic) bond motifs is 1. The molecule has 1 aromatic heterocycles. The molecule has 0 aliphatic carbocycles. The summed E-state index contributed by atoms with van der Waals surface area (Å²) >= 11 is 0. The number of aromatic nitrogens is 1. The number of hydrogen-bond donors (Lipinski definition) is 3. The van der Waals surface area contributed by atoms with Gasteiger partial charge in [-0.15, -0.1) is 0 Å². The van der Waals surface area contributed by atoms with Crippen LogP contribution in [-0.2, 0) is 18.2 Å². The third-order valence-electron chi connectivity index (χ3n) is 4.88. The Balaban J connectivity index is 1.97. The summed E-state index contributed by atoms with van der Waals surface area (Å²) in [6, 6.07) is 11.8. The van der Waals surface area contributed by atoms with Gasteiger partial charge in [-0.1, -0.05) is 25.1 Å². The minimum atomic E-state index is -0.755. The van der Waals surface area contributed by atoms with Gasteiger partial charge < -0.3 is 30.3 Å². The van der Waals surface area contributed by atoms with E-state index in [4.69, 9.17) is 9.94 Å². The summed E-state index contributed by atoms with van der Waals surface area (Å²) in [7, 11) is 1.64. The lowest BCUT2D eigenvalue weighted by molar-refractivity contribution is -0.384. The van der Waals surface area contributed by atoms with Gasteiger partial charge in [-0.2, -0.15) is 0 Å². The molecule has 0 spiro atoms. The molecule has 174 valence electrons. The summed E-state index contributed by atoms with van der Waals surface area (Å²) in [5, 5.41) is 44.2. The van der Waals surface area contributed by atoms with Crippen LogP contribution in [-0.4, -0.2) is 21.3 Å². The Bertz CT molecular complexity index is 1270. The number of nitro groups is 1. The maximum atomic E-state index is 12.6. The Kier molecular flexibility index (Phi) is 7.00. The van der Waals surface area contributed by atoms with Crippen LogP contribution in [0.15, 0.2) is 65.0 Å². The number of benzene rings is 2. The van der Waals surface area contributed by atoms with Crippen molar-refractivity contribution in [2.24, 2.45) is 7.05 Å². The molecule has 1 heterocycles. The van der Waals surface area contributed by atoms with Gasteiger partial charge in [-0.3, -0.25) is 25.5 Å². The Hall–Kier alpha value is -4.29. The number of nitrogens with zero attached hydrogens (tertiary/aromatic N) is 3. The van der Waals surface area contributed by atoms with E-state index in [0.717, 1.165) is 17.5 Å². The molecule has 12 heteroatoms. The number of allylic oxidation sites excluding steroid dienone is 1. The lowest BCUT2D eigenvalue weighted by Crippen LogP contribution is -2.29. The third kappa shape index (κ3) is 5.14. The van der Waals surface area contributed by atoms with E-state index in [1.807, 2.05) is 6.07 Å². The van der Waals surface area contributed by atoms with Crippen molar-refractivity contribution in [3.8, 4) is 0 Å². The number of ether oxygens (including phenoxy) is 1. The molecular formula is C21H21N5O7-2. The lowest BCUT2D eigenvalue weighted by Gasteiger charge is -2.23. The summed E-state index contributed by atoms with van der Waals surface area (Å²) in [6.45, 7) is 1.72. The Morgan fingerprint density at radius 3 is 2.64 bits per heavy atom. The number of hydrogen-bond acceptors (Lipinski definition) is 10. The van der Waals surface area contributed by atoms with E-state index in [2.05, 4.69) is 10.9 Å². The summed E-state index contributed by atoms with van der Waals surface area (Å²) in [6.07, 6.45) is -0.0285. The van der Waals surface area contributed by atoms with Crippen LogP contribution < -0.4 is 26.7 Å². The van der Waals surface area contributed by atoms with Crippen LogP contribution in [0.5, 0.6) is 0 Å². The molecule has 12 nitrogen and oxygen atoms in total. The molecule has 0 atom stereocenters. The van der Waals surface area contributed by atoms with Crippen molar-refractivity contribution in [2.45, 2.75) is 13.3 Å². The Morgan fingerprint density at radius 1 is 1.24 bits per heavy atom. The monoisotopic (exact) mass is 455 g/mol. The largest absolute Gasteiger partial charge is 0.733 e. The zero-order chi connectivity index (χ0) is 24.1. The van der Waals surface area contributed by atoms with Crippen molar-refractivity contribution in [1.29, 1.82) is 0 Å². The summed E-state index contributed by atoms with van der Waals surface area (Å²) in [4.78, 5) is 23.0. The number of aryl methyl sites for hydroxylation is 1. The highest BCUT2D eigenvalue weighted by Gasteiger charge is 2.16. The minimum absolute atomic E-state index is 0.00115. The quantitative estimate of drug-likeness (QED) is 0.246. The molecule has 0 bridgehead atoms. The van der Waals surface area contributed by atoms with E-state index in [1.54, 1.807) is 32.2 Å². The van der Waals surface area contributed by atoms with Crippen molar-refractivity contribution < 1.29 is 20.0 Å². The summed E-state index contributed by atoms with van der Waals surface area (Å²) in [5.41, 5.74) is 5.25. The number of rotatable bonds is 9. The molecule has 0 saturated heterocycles. The van der Waals surface area contributed by atoms with Crippen molar-refractivity contribution in [3.05, 3.63) is 91.4 Å². The molecule has 3 rings (SSSR count). The maximum Gasteiger partial charge on any atom is 0.296 e. The van der Waals surface area contributed by atoms with Gasteiger partial charge in [0.1, 0.15) is 5.69 Å². The molecule has 0 radical (unpaired) electrons. The van der Waals surface area contributed by atoms with Crippen LogP contribution in [0.25, 0.3) is 10.9 Å². The van der Waals surface area contributed by atoms with E-state index in [1.165, 1.54) is 16.7 Å². The molecule has 3 N–H and O–H groups in total. The van der Waals surface area contributed by atoms with Gasteiger partial charge in [0.15, 0.2) is 0 Å². The van der Waals surface area contributed by atoms with Gasteiger partial charge in [-0.25, -0.2) is 0 Å². The molecule has 0 amide bonds. The molecular weight excluding hydrogens is 434 g/mol. The predicted molar refractivity (Wildman–Crippen MR) is 119 cm³/mol. The number of anilines is 2. The molecule has 3 aromatic rings. The third-order valence-corrected chi connectivity index (χ3v) is 4.88. The van der Waals surface area contributed by atoms with Gasteiger partial charge >= 0.3 is 0 Å². The fraction of sp³-hybridized carbons (Fsp3) is 0.190. The minimum Gasteiger partial charge on any atom is -0.733 e. The maximum absolute atomic E-state index is 12.6. The highest BCUT2D eigenvalue weighted by molar-refractivity contribution is 5.82. The van der Waals surface area contributed by atoms with E-state index >= 15 is 0 Å². The standard InChI is InChI=1S/C21H22N5O7/c1-3-33-21(28)17(10-13-11-20(27)24(2)18-7-5-4-6-15(13)18)23-22-16-9-8-14(25(29)30)12-19(16)26(31)32/h4-9,11-12,22-23,28-29H,3,10H2,1-2H3/q-1/p-1. The van der Waals surface area contributed by atoms with Gasteiger partial charge in [0, 0.05) is 31.0 Å². The van der Waals surface area contributed by atoms with E-state index in [-0.39, 0.29) is 35.7 Å². The number of para-hydroxylation sites is 1. The average molecular weight is 455 g/mol. The van der Waals surface area contributed by atoms with Gasteiger partial charge in [0.2, 0.25) is 0 Å². The smallest absolute Gasteiger partial charge is 0.296 e. The number of nitrogens with one attached hydrogen (secondary N) is 2. The molecule has 0 unspecified atom stereocenters.